The van der Waals surface area contributed by atoms with E-state index in [1.54, 1.807) is 60.7 Å². The van der Waals surface area contributed by atoms with E-state index in [9.17, 15) is 18.4 Å². The molecule has 0 aliphatic carbocycles. The number of pyridine rings is 1. The number of aromatic nitrogens is 1. The van der Waals surface area contributed by atoms with Gasteiger partial charge in [0.2, 0.25) is 0 Å². The number of hydrogen-bond acceptors (Lipinski definition) is 6. The summed E-state index contributed by atoms with van der Waals surface area (Å²) in [5, 5.41) is 3.57. The Labute approximate surface area is 223 Å². The minimum Gasteiger partial charge on any atom is -0.486 e. The Morgan fingerprint density at radius 2 is 1.82 bits per heavy atom. The van der Waals surface area contributed by atoms with E-state index in [0.29, 0.717) is 33.0 Å². The van der Waals surface area contributed by atoms with Crippen LogP contribution >= 0.6 is 22.9 Å². The van der Waals surface area contributed by atoms with Crippen LogP contribution in [0.3, 0.4) is 0 Å². The molecule has 0 saturated heterocycles. The lowest BCUT2D eigenvalue weighted by Gasteiger charge is -2.10. The van der Waals surface area contributed by atoms with Crippen molar-refractivity contribution >= 4 is 50.7 Å². The Morgan fingerprint density at radius 1 is 1.08 bits per heavy atom. The molecule has 0 spiro atoms. The van der Waals surface area contributed by atoms with Crippen molar-refractivity contribution in [2.75, 3.05) is 5.32 Å². The molecule has 192 valence electrons. The quantitative estimate of drug-likeness (QED) is 0.213. The number of halogens is 3. The Kier molecular flexibility index (Phi) is 7.08. The van der Waals surface area contributed by atoms with Gasteiger partial charge in [0.05, 0.1) is 5.69 Å². The monoisotopic (exact) mass is 553 g/mol. The first kappa shape index (κ1) is 25.4. The molecule has 0 saturated carbocycles. The van der Waals surface area contributed by atoms with E-state index in [0.717, 1.165) is 11.3 Å². The van der Waals surface area contributed by atoms with Crippen molar-refractivity contribution in [3.8, 4) is 16.9 Å². The summed E-state index contributed by atoms with van der Waals surface area (Å²) in [5.41, 5.74) is 6.18. The lowest BCUT2D eigenvalue weighted by Crippen LogP contribution is -2.16. The standard InChI is InChI=1S/C27H18ClF2N3O4S/c28-15-6-8-16(9-7-15)36-13-17-10-11-20(37-17)26(35)33-22-21-18(14-4-2-1-3-5-14)12-19(24(29)30)32-27(21)38-23(22)25(31)34/h1-12,24H,13H2,(H2,31,34)(H,33,35). The largest absolute Gasteiger partial charge is 0.486 e. The molecule has 3 heterocycles. The summed E-state index contributed by atoms with van der Waals surface area (Å²) in [6.45, 7) is 0.0569. The maximum atomic E-state index is 13.6. The third kappa shape index (κ3) is 5.22. The Bertz CT molecular complexity index is 1640. The molecule has 5 rings (SSSR count). The number of hydrogen-bond donors (Lipinski definition) is 2. The molecule has 3 aromatic heterocycles. The summed E-state index contributed by atoms with van der Waals surface area (Å²) in [6.07, 6.45) is -2.84. The van der Waals surface area contributed by atoms with E-state index in [2.05, 4.69) is 10.3 Å². The molecule has 38 heavy (non-hydrogen) atoms. The van der Waals surface area contributed by atoms with Crippen LogP contribution in [0.1, 0.15) is 38.1 Å². The van der Waals surface area contributed by atoms with E-state index in [1.807, 2.05) is 0 Å². The van der Waals surface area contributed by atoms with Crippen LogP contribution in [0.25, 0.3) is 21.3 Å². The molecular weight excluding hydrogens is 536 g/mol. The first-order chi connectivity index (χ1) is 18.3. The number of nitrogens with zero attached hydrogens (tertiary/aromatic N) is 1. The number of amides is 2. The Balaban J connectivity index is 1.49. The number of carbonyl (C=O) groups excluding carboxylic acids is 2. The predicted octanol–water partition coefficient (Wildman–Crippen LogP) is 7.08. The number of rotatable bonds is 8. The van der Waals surface area contributed by atoms with Crippen molar-refractivity contribution in [3.05, 3.63) is 99.9 Å². The van der Waals surface area contributed by atoms with Crippen LogP contribution in [0.2, 0.25) is 5.02 Å². The second-order valence-corrected chi connectivity index (χ2v) is 9.51. The molecule has 0 aliphatic heterocycles. The normalized spacial score (nSPS) is 11.2. The summed E-state index contributed by atoms with van der Waals surface area (Å²) >= 11 is 6.70. The number of carbonyl (C=O) groups is 2. The zero-order valence-electron chi connectivity index (χ0n) is 19.4. The molecule has 3 N–H and O–H groups in total. The highest BCUT2D eigenvalue weighted by Gasteiger charge is 2.26. The van der Waals surface area contributed by atoms with Crippen molar-refractivity contribution in [1.82, 2.24) is 4.98 Å². The van der Waals surface area contributed by atoms with Crippen molar-refractivity contribution in [2.45, 2.75) is 13.0 Å². The minimum absolute atomic E-state index is 0.0256. The first-order valence-electron chi connectivity index (χ1n) is 11.2. The van der Waals surface area contributed by atoms with Gasteiger partial charge in [0.25, 0.3) is 18.2 Å². The number of primary amides is 1. The molecule has 11 heteroatoms. The van der Waals surface area contributed by atoms with Crippen molar-refractivity contribution in [1.29, 1.82) is 0 Å². The van der Waals surface area contributed by atoms with Gasteiger partial charge < -0.3 is 20.2 Å². The molecule has 2 aromatic carbocycles. The smallest absolute Gasteiger partial charge is 0.291 e. The number of furan rings is 1. The number of benzene rings is 2. The van der Waals surface area contributed by atoms with Crippen molar-refractivity contribution in [3.63, 3.8) is 0 Å². The van der Waals surface area contributed by atoms with Crippen LogP contribution in [0.15, 0.2) is 77.2 Å². The molecule has 5 aromatic rings. The van der Waals surface area contributed by atoms with Crippen LogP contribution in [0.4, 0.5) is 14.5 Å². The van der Waals surface area contributed by atoms with Crippen molar-refractivity contribution < 1.29 is 27.5 Å². The third-order valence-corrected chi connectivity index (χ3v) is 6.88. The number of nitrogens with two attached hydrogens (primary N) is 1. The van der Waals surface area contributed by atoms with Crippen LogP contribution < -0.4 is 15.8 Å². The molecule has 0 unspecified atom stereocenters. The van der Waals surface area contributed by atoms with Gasteiger partial charge in [-0.25, -0.2) is 13.8 Å². The number of thiophene rings is 1. The van der Waals surface area contributed by atoms with Crippen molar-refractivity contribution in [2.24, 2.45) is 5.73 Å². The number of fused-ring (bicyclic) bond motifs is 1. The number of anilines is 1. The van der Waals surface area contributed by atoms with E-state index in [-0.39, 0.29) is 27.8 Å². The molecule has 0 fully saturated rings. The summed E-state index contributed by atoms with van der Waals surface area (Å²) in [5.74, 6) is -0.604. The summed E-state index contributed by atoms with van der Waals surface area (Å²) < 4.78 is 38.5. The summed E-state index contributed by atoms with van der Waals surface area (Å²) in [7, 11) is 0. The lowest BCUT2D eigenvalue weighted by atomic mass is 10.0. The second-order valence-electron chi connectivity index (χ2n) is 8.07. The molecular formula is C27H18ClF2N3O4S. The van der Waals surface area contributed by atoms with Gasteiger partial charge in [0.1, 0.15) is 33.5 Å². The van der Waals surface area contributed by atoms with Gasteiger partial charge >= 0.3 is 0 Å². The molecule has 0 radical (unpaired) electrons. The molecule has 2 amide bonds. The zero-order valence-corrected chi connectivity index (χ0v) is 21.0. The SMILES string of the molecule is NC(=O)c1sc2nc(C(F)F)cc(-c3ccccc3)c2c1NC(=O)c1ccc(COc2ccc(Cl)cc2)o1. The average Bonchev–Trinajstić information content (AvgIpc) is 3.53. The van der Waals surface area contributed by atoms with E-state index in [4.69, 9.17) is 26.5 Å². The van der Waals surface area contributed by atoms with Gasteiger partial charge in [-0.15, -0.1) is 11.3 Å². The fourth-order valence-electron chi connectivity index (χ4n) is 3.81. The molecule has 0 aliphatic rings. The van der Waals surface area contributed by atoms with E-state index >= 15 is 0 Å². The van der Waals surface area contributed by atoms with Gasteiger partial charge in [-0.05, 0) is 53.6 Å². The van der Waals surface area contributed by atoms with E-state index < -0.39 is 23.9 Å². The highest BCUT2D eigenvalue weighted by molar-refractivity contribution is 7.21. The molecule has 0 bridgehead atoms. The van der Waals surface area contributed by atoms with Crippen LogP contribution in [-0.2, 0) is 6.61 Å². The zero-order chi connectivity index (χ0) is 26.8. The average molecular weight is 554 g/mol. The number of ether oxygens (including phenoxy) is 1. The molecule has 0 atom stereocenters. The topological polar surface area (TPSA) is 107 Å². The lowest BCUT2D eigenvalue weighted by molar-refractivity contribution is 0.0992. The van der Waals surface area contributed by atoms with Gasteiger partial charge in [0.15, 0.2) is 5.76 Å². The highest BCUT2D eigenvalue weighted by atomic mass is 35.5. The third-order valence-electron chi connectivity index (χ3n) is 5.53. The Hall–Kier alpha value is -4.28. The molecule has 7 nitrogen and oxygen atoms in total. The van der Waals surface area contributed by atoms with Crippen LogP contribution in [0, 0.1) is 0 Å². The van der Waals surface area contributed by atoms with E-state index in [1.165, 1.54) is 12.1 Å². The predicted molar refractivity (Wildman–Crippen MR) is 141 cm³/mol. The number of alkyl halides is 2. The minimum atomic E-state index is -2.84. The fraction of sp³-hybridized carbons (Fsp3) is 0.0741. The highest BCUT2D eigenvalue weighted by Crippen LogP contribution is 2.42. The summed E-state index contributed by atoms with van der Waals surface area (Å²) in [4.78, 5) is 29.6. The van der Waals surface area contributed by atoms with Gasteiger partial charge in [-0.2, -0.15) is 0 Å². The van der Waals surface area contributed by atoms with Crippen LogP contribution in [-0.4, -0.2) is 16.8 Å². The Morgan fingerprint density at radius 3 is 2.50 bits per heavy atom. The second kappa shape index (κ2) is 10.6. The van der Waals surface area contributed by atoms with Gasteiger partial charge in [-0.3, -0.25) is 9.59 Å². The number of nitrogens with one attached hydrogen (secondary N) is 1. The maximum Gasteiger partial charge on any atom is 0.291 e. The van der Waals surface area contributed by atoms with Crippen LogP contribution in [0.5, 0.6) is 5.75 Å². The van der Waals surface area contributed by atoms with Gasteiger partial charge in [-0.1, -0.05) is 41.9 Å². The maximum absolute atomic E-state index is 13.6. The fourth-order valence-corrected chi connectivity index (χ4v) is 4.95. The van der Waals surface area contributed by atoms with Gasteiger partial charge in [0, 0.05) is 10.4 Å². The summed E-state index contributed by atoms with van der Waals surface area (Å²) in [6, 6.07) is 19.8. The first-order valence-corrected chi connectivity index (χ1v) is 12.4.